The van der Waals surface area contributed by atoms with Gasteiger partial charge in [0.1, 0.15) is 45.1 Å². The molecular weight excluding hydrogens is 926 g/mol. The molecule has 0 spiro atoms. The lowest BCUT2D eigenvalue weighted by Crippen LogP contribution is -2.53. The number of imide groups is 1. The van der Waals surface area contributed by atoms with Gasteiger partial charge in [0, 0.05) is 0 Å². The molecule has 5 aromatic rings. The van der Waals surface area contributed by atoms with Crippen LogP contribution in [0.5, 0.6) is 5.75 Å². The highest BCUT2D eigenvalue weighted by atomic mass is 79.9. The highest BCUT2D eigenvalue weighted by Gasteiger charge is 2.79. The number of aryl methyl sites for hydroxylation is 1. The van der Waals surface area contributed by atoms with Crippen molar-refractivity contribution >= 4 is 94.1 Å². The van der Waals surface area contributed by atoms with E-state index >= 15 is 0 Å². The van der Waals surface area contributed by atoms with Gasteiger partial charge in [-0.3, -0.25) is 24.1 Å². The van der Waals surface area contributed by atoms with Gasteiger partial charge in [-0.25, -0.2) is 4.79 Å². The van der Waals surface area contributed by atoms with Crippen molar-refractivity contribution in [1.82, 2.24) is 4.90 Å². The van der Waals surface area contributed by atoms with Gasteiger partial charge in [0.2, 0.25) is 11.8 Å². The molecular formula is C48H47Br2NO11. The fraction of sp³-hybridized carbons (Fsp3) is 0.396. The number of ether oxygens (including phenoxy) is 6. The molecule has 0 aromatic heterocycles. The van der Waals surface area contributed by atoms with Crippen LogP contribution >= 0.6 is 31.9 Å². The molecule has 3 aliphatic rings. The number of amides is 2. The van der Waals surface area contributed by atoms with Gasteiger partial charge < -0.3 is 28.4 Å². The molecule has 0 radical (unpaired) electrons. The van der Waals surface area contributed by atoms with Gasteiger partial charge in [-0.05, 0) is 110 Å². The first kappa shape index (κ1) is 43.6. The maximum Gasteiger partial charge on any atom is 0.508 e. The summed E-state index contributed by atoms with van der Waals surface area (Å²) >= 11 is 6.59. The van der Waals surface area contributed by atoms with Gasteiger partial charge in [-0.15, -0.1) is 0 Å². The van der Waals surface area contributed by atoms with Crippen molar-refractivity contribution in [3.63, 3.8) is 0 Å². The smallest absolute Gasteiger partial charge is 0.463 e. The van der Waals surface area contributed by atoms with E-state index in [1.165, 1.54) is 37.9 Å². The number of esters is 2. The van der Waals surface area contributed by atoms with E-state index < -0.39 is 74.3 Å². The Kier molecular flexibility index (Phi) is 11.7. The normalized spacial score (nSPS) is 22.6. The van der Waals surface area contributed by atoms with Gasteiger partial charge in [-0.1, -0.05) is 105 Å². The van der Waals surface area contributed by atoms with Crippen LogP contribution in [0.1, 0.15) is 53.0 Å². The summed E-state index contributed by atoms with van der Waals surface area (Å²) in [5.74, 6) is -4.51. The minimum atomic E-state index is -1.86. The zero-order valence-electron chi connectivity index (χ0n) is 35.0. The minimum absolute atomic E-state index is 0.0673. The van der Waals surface area contributed by atoms with Crippen LogP contribution in [0.15, 0.2) is 96.8 Å². The number of benzene rings is 5. The molecule has 14 heteroatoms. The summed E-state index contributed by atoms with van der Waals surface area (Å²) in [5.41, 5.74) is -2.35. The third kappa shape index (κ3) is 7.83. The topological polar surface area (TPSA) is 144 Å². The maximum atomic E-state index is 14.5. The van der Waals surface area contributed by atoms with E-state index in [2.05, 4.69) is 86.5 Å². The van der Waals surface area contributed by atoms with Crippen molar-refractivity contribution in [3.05, 3.63) is 102 Å². The first-order chi connectivity index (χ1) is 29.4. The third-order valence-corrected chi connectivity index (χ3v) is 12.6. The highest BCUT2D eigenvalue weighted by molar-refractivity contribution is 9.10. The second kappa shape index (κ2) is 16.6. The number of carbonyl (C=O) groups is 5. The van der Waals surface area contributed by atoms with Crippen molar-refractivity contribution in [2.45, 2.75) is 79.8 Å². The summed E-state index contributed by atoms with van der Waals surface area (Å²) in [5, 5.41) is 7.31. The summed E-state index contributed by atoms with van der Waals surface area (Å²) in [6.07, 6.45) is 1.35. The van der Waals surface area contributed by atoms with Gasteiger partial charge in [0.05, 0.1) is 25.0 Å². The van der Waals surface area contributed by atoms with Crippen LogP contribution in [0, 0.1) is 11.8 Å². The predicted octanol–water partition coefficient (Wildman–Crippen LogP) is 8.97. The van der Waals surface area contributed by atoms with E-state index in [1.54, 1.807) is 71.0 Å². The van der Waals surface area contributed by atoms with Crippen LogP contribution in [-0.4, -0.2) is 87.1 Å². The fourth-order valence-corrected chi connectivity index (χ4v) is 9.23. The van der Waals surface area contributed by atoms with Crippen LogP contribution in [0.4, 0.5) is 4.79 Å². The molecule has 2 bridgehead atoms. The number of unbranched alkanes of at least 4 members (excludes halogenated alkanes) is 1. The van der Waals surface area contributed by atoms with Crippen LogP contribution in [0.2, 0.25) is 0 Å². The molecule has 324 valence electrons. The number of rotatable bonds is 16. The van der Waals surface area contributed by atoms with Gasteiger partial charge in [0.25, 0.3) is 0 Å². The number of alkyl halides is 2. The molecule has 2 amide bonds. The molecule has 5 atom stereocenters. The standard InChI is InChI=1S/C48H47Br2NO11/c1-28(60-44(56)58-24-10-9-12-29-17-18-32-20-19-30-13-11-14-31-21-22-34(29)37(32)36(30)31)48-35(61-33-15-7-6-8-16-33)26-47(62-48,27-59-43(55)46(4,5)50)38-39(48)41(53)51(40(38)52)23-25-57-42(54)45(2,3)49/h6-8,11,13-22,26,28,38-39H,9-10,12,23-25,27H2,1-5H3. The summed E-state index contributed by atoms with van der Waals surface area (Å²) in [4.78, 5) is 69.0. The molecule has 8 rings (SSSR count). The summed E-state index contributed by atoms with van der Waals surface area (Å²) in [6.45, 7) is 7.08. The van der Waals surface area contributed by atoms with Crippen LogP contribution in [0.25, 0.3) is 32.3 Å². The molecule has 3 heterocycles. The van der Waals surface area contributed by atoms with E-state index in [4.69, 9.17) is 28.4 Å². The minimum Gasteiger partial charge on any atom is -0.463 e. The van der Waals surface area contributed by atoms with E-state index in [-0.39, 0.29) is 25.5 Å². The number of likely N-dealkylation sites (tertiary alicyclic amines) is 1. The molecule has 0 aliphatic carbocycles. The van der Waals surface area contributed by atoms with E-state index in [0.29, 0.717) is 12.2 Å². The quantitative estimate of drug-likeness (QED) is 0.0234. The summed E-state index contributed by atoms with van der Waals surface area (Å²) in [7, 11) is 0. The van der Waals surface area contributed by atoms with Crippen molar-refractivity contribution in [2.75, 3.05) is 26.4 Å². The van der Waals surface area contributed by atoms with Gasteiger partial charge in [0.15, 0.2) is 5.60 Å². The number of fused-ring (bicyclic) bond motifs is 5. The second-order valence-corrected chi connectivity index (χ2v) is 21.1. The molecule has 2 fully saturated rings. The Hall–Kier alpha value is -5.05. The Morgan fingerprint density at radius 3 is 2.06 bits per heavy atom. The monoisotopic (exact) mass is 971 g/mol. The van der Waals surface area contributed by atoms with E-state index in [1.807, 2.05) is 0 Å². The molecule has 2 saturated heterocycles. The molecule has 5 unspecified atom stereocenters. The number of nitrogens with zero attached hydrogens (tertiary/aromatic N) is 1. The van der Waals surface area contributed by atoms with Gasteiger partial charge >= 0.3 is 18.1 Å². The first-order valence-electron chi connectivity index (χ1n) is 20.7. The Bertz CT molecular complexity index is 2580. The lowest BCUT2D eigenvalue weighted by atomic mass is 9.69. The zero-order chi connectivity index (χ0) is 44.2. The van der Waals surface area contributed by atoms with Crippen LogP contribution < -0.4 is 4.74 Å². The molecule has 0 N–H and O–H groups in total. The zero-order valence-corrected chi connectivity index (χ0v) is 38.2. The lowest BCUT2D eigenvalue weighted by Gasteiger charge is -2.37. The van der Waals surface area contributed by atoms with E-state index in [0.717, 1.165) is 17.7 Å². The molecule has 62 heavy (non-hydrogen) atoms. The summed E-state index contributed by atoms with van der Waals surface area (Å²) < 4.78 is 33.8. The van der Waals surface area contributed by atoms with Crippen molar-refractivity contribution in [2.24, 2.45) is 11.8 Å². The number of hydrogen-bond donors (Lipinski definition) is 0. The van der Waals surface area contributed by atoms with Crippen LogP contribution in [-0.2, 0) is 49.3 Å². The van der Waals surface area contributed by atoms with Crippen molar-refractivity contribution in [1.29, 1.82) is 0 Å². The third-order valence-electron chi connectivity index (χ3n) is 12.0. The SMILES string of the molecule is CC(OC(=O)OCCCCc1ccc2ccc3cccc4ccc1c2c34)C12OC(COC(=O)C(C)(C)Br)(C=C1Oc1ccccc1)C1C(=O)N(CCOC(=O)C(C)(C)Br)C(=O)C12. The van der Waals surface area contributed by atoms with E-state index in [9.17, 15) is 24.0 Å². The number of halogens is 2. The lowest BCUT2D eigenvalue weighted by molar-refractivity contribution is -0.173. The fourth-order valence-electron chi connectivity index (χ4n) is 9.00. The highest BCUT2D eigenvalue weighted by Crippen LogP contribution is 2.62. The van der Waals surface area contributed by atoms with Crippen molar-refractivity contribution in [3.8, 4) is 5.75 Å². The molecule has 5 aromatic carbocycles. The maximum absolute atomic E-state index is 14.5. The average molecular weight is 974 g/mol. The molecule has 0 saturated carbocycles. The van der Waals surface area contributed by atoms with Crippen LogP contribution in [0.3, 0.4) is 0 Å². The Balaban J connectivity index is 1.00. The summed E-state index contributed by atoms with van der Waals surface area (Å²) in [6, 6.07) is 28.1. The Labute approximate surface area is 375 Å². The second-order valence-electron chi connectivity index (χ2n) is 17.1. The number of hydrogen-bond acceptors (Lipinski definition) is 11. The largest absolute Gasteiger partial charge is 0.508 e. The average Bonchev–Trinajstić information content (AvgIpc) is 3.82. The van der Waals surface area contributed by atoms with Gasteiger partial charge in [-0.2, -0.15) is 0 Å². The van der Waals surface area contributed by atoms with Crippen molar-refractivity contribution < 1.29 is 52.4 Å². The predicted molar refractivity (Wildman–Crippen MR) is 238 cm³/mol. The number of para-hydroxylation sites is 1. The Morgan fingerprint density at radius 2 is 1.37 bits per heavy atom. The number of carbonyl (C=O) groups excluding carboxylic acids is 5. The molecule has 3 aliphatic heterocycles. The molecule has 12 nitrogen and oxygen atoms in total. The first-order valence-corrected chi connectivity index (χ1v) is 22.3. The Morgan fingerprint density at radius 1 is 0.742 bits per heavy atom.